The lowest BCUT2D eigenvalue weighted by Gasteiger charge is -2.08. The molecule has 0 fully saturated rings. The summed E-state index contributed by atoms with van der Waals surface area (Å²) in [5, 5.41) is 0. The molecule has 0 radical (unpaired) electrons. The fourth-order valence-electron chi connectivity index (χ4n) is 1.54. The monoisotopic (exact) mass is 237 g/mol. The maximum Gasteiger partial charge on any atom is 0.338 e. The topological polar surface area (TPSA) is 61.5 Å². The van der Waals surface area contributed by atoms with E-state index in [0.29, 0.717) is 38.2 Å². The molecule has 0 aromatic heterocycles. The first-order chi connectivity index (χ1) is 8.29. The summed E-state index contributed by atoms with van der Waals surface area (Å²) < 4.78 is 10.0. The molecule has 0 unspecified atom stereocenters. The highest BCUT2D eigenvalue weighted by molar-refractivity contribution is 5.91. The van der Waals surface area contributed by atoms with Crippen LogP contribution in [0.15, 0.2) is 24.3 Å². The van der Waals surface area contributed by atoms with E-state index in [9.17, 15) is 4.79 Å². The fraction of sp³-hybridized carbons (Fsp3) is 0.462. The van der Waals surface area contributed by atoms with Crippen LogP contribution in [0.5, 0.6) is 0 Å². The molecule has 94 valence electrons. The van der Waals surface area contributed by atoms with E-state index in [2.05, 4.69) is 0 Å². The van der Waals surface area contributed by atoms with Crippen molar-refractivity contribution >= 4 is 5.97 Å². The Morgan fingerprint density at radius 1 is 1.29 bits per heavy atom. The minimum atomic E-state index is -0.287. The Labute approximate surface area is 102 Å². The first kappa shape index (κ1) is 13.7. The molecule has 0 aliphatic heterocycles. The number of hydrogen-bond donors (Lipinski definition) is 1. The molecule has 0 aliphatic rings. The fourth-order valence-corrected chi connectivity index (χ4v) is 1.54. The molecule has 17 heavy (non-hydrogen) atoms. The summed E-state index contributed by atoms with van der Waals surface area (Å²) in [4.78, 5) is 11.8. The van der Waals surface area contributed by atoms with Crippen molar-refractivity contribution in [2.45, 2.75) is 12.8 Å². The molecule has 1 aromatic rings. The van der Waals surface area contributed by atoms with Crippen LogP contribution in [0.3, 0.4) is 0 Å². The van der Waals surface area contributed by atoms with Gasteiger partial charge in [0.1, 0.15) is 0 Å². The molecule has 4 heteroatoms. The van der Waals surface area contributed by atoms with Gasteiger partial charge in [0.25, 0.3) is 0 Å². The Bertz CT molecular complexity index is 352. The summed E-state index contributed by atoms with van der Waals surface area (Å²) in [6.45, 7) is 1.50. The third kappa shape index (κ3) is 4.54. The van der Waals surface area contributed by atoms with Crippen LogP contribution in [0.25, 0.3) is 0 Å². The van der Waals surface area contributed by atoms with Gasteiger partial charge in [0.05, 0.1) is 12.2 Å². The van der Waals surface area contributed by atoms with E-state index in [4.69, 9.17) is 15.2 Å². The highest BCUT2D eigenvalue weighted by Gasteiger charge is 2.11. The van der Waals surface area contributed by atoms with Crippen LogP contribution < -0.4 is 5.73 Å². The molecule has 0 bridgehead atoms. The molecule has 0 aliphatic carbocycles. The van der Waals surface area contributed by atoms with Gasteiger partial charge in [-0.2, -0.15) is 0 Å². The number of carbonyl (C=O) groups excluding carboxylic acids is 1. The quantitative estimate of drug-likeness (QED) is 0.575. The Hall–Kier alpha value is -1.39. The summed E-state index contributed by atoms with van der Waals surface area (Å²) >= 11 is 0. The maximum absolute atomic E-state index is 11.8. The summed E-state index contributed by atoms with van der Waals surface area (Å²) in [6, 6.07) is 7.39. The zero-order valence-corrected chi connectivity index (χ0v) is 10.1. The number of carbonyl (C=O) groups is 1. The van der Waals surface area contributed by atoms with Crippen LogP contribution in [0.4, 0.5) is 0 Å². The zero-order chi connectivity index (χ0) is 12.5. The lowest BCUT2D eigenvalue weighted by molar-refractivity contribution is 0.0467. The van der Waals surface area contributed by atoms with Gasteiger partial charge in [-0.15, -0.1) is 0 Å². The van der Waals surface area contributed by atoms with E-state index in [1.807, 2.05) is 18.2 Å². The van der Waals surface area contributed by atoms with E-state index >= 15 is 0 Å². The number of benzene rings is 1. The van der Waals surface area contributed by atoms with Crippen LogP contribution in [0, 0.1) is 0 Å². The number of methoxy groups -OCH3 is 1. The maximum atomic E-state index is 11.8. The molecule has 4 nitrogen and oxygen atoms in total. The number of nitrogens with two attached hydrogens (primary N) is 1. The highest BCUT2D eigenvalue weighted by Crippen LogP contribution is 2.10. The zero-order valence-electron chi connectivity index (χ0n) is 10.1. The highest BCUT2D eigenvalue weighted by atomic mass is 16.5. The lowest BCUT2D eigenvalue weighted by atomic mass is 10.1. The largest absolute Gasteiger partial charge is 0.462 e. The van der Waals surface area contributed by atoms with Crippen molar-refractivity contribution in [1.82, 2.24) is 0 Å². The van der Waals surface area contributed by atoms with Gasteiger partial charge in [-0.3, -0.25) is 0 Å². The van der Waals surface area contributed by atoms with Crippen molar-refractivity contribution in [3.8, 4) is 0 Å². The first-order valence-electron chi connectivity index (χ1n) is 5.73. The van der Waals surface area contributed by atoms with Crippen LogP contribution in [0.2, 0.25) is 0 Å². The summed E-state index contributed by atoms with van der Waals surface area (Å²) in [7, 11) is 1.62. The van der Waals surface area contributed by atoms with Crippen molar-refractivity contribution in [2.75, 3.05) is 26.9 Å². The van der Waals surface area contributed by atoms with Crippen molar-refractivity contribution < 1.29 is 14.3 Å². The van der Waals surface area contributed by atoms with Gasteiger partial charge >= 0.3 is 5.97 Å². The second-order valence-electron chi connectivity index (χ2n) is 3.68. The Morgan fingerprint density at radius 3 is 2.76 bits per heavy atom. The molecule has 0 saturated carbocycles. The van der Waals surface area contributed by atoms with Gasteiger partial charge in [-0.25, -0.2) is 4.79 Å². The summed E-state index contributed by atoms with van der Waals surface area (Å²) in [5.74, 6) is -0.287. The molecule has 0 heterocycles. The molecule has 2 N–H and O–H groups in total. The molecular weight excluding hydrogens is 218 g/mol. The SMILES string of the molecule is COCCCOC(=O)c1ccccc1CCN. The van der Waals surface area contributed by atoms with Crippen LogP contribution >= 0.6 is 0 Å². The van der Waals surface area contributed by atoms with Gasteiger partial charge in [0.15, 0.2) is 0 Å². The molecule has 1 rings (SSSR count). The lowest BCUT2D eigenvalue weighted by Crippen LogP contribution is -2.12. The third-order valence-electron chi connectivity index (χ3n) is 2.38. The molecule has 0 spiro atoms. The van der Waals surface area contributed by atoms with E-state index in [0.717, 1.165) is 5.56 Å². The first-order valence-corrected chi connectivity index (χ1v) is 5.73. The third-order valence-corrected chi connectivity index (χ3v) is 2.38. The Balaban J connectivity index is 2.55. The minimum Gasteiger partial charge on any atom is -0.462 e. The molecule has 1 aromatic carbocycles. The molecular formula is C13H19NO3. The minimum absolute atomic E-state index is 0.287. The van der Waals surface area contributed by atoms with Crippen molar-refractivity contribution in [2.24, 2.45) is 5.73 Å². The standard InChI is InChI=1S/C13H19NO3/c1-16-9-4-10-17-13(15)12-6-3-2-5-11(12)7-8-14/h2-3,5-6H,4,7-10,14H2,1H3. The Kier molecular flexibility index (Phi) is 6.29. The Morgan fingerprint density at radius 2 is 2.06 bits per heavy atom. The van der Waals surface area contributed by atoms with Crippen LogP contribution in [-0.4, -0.2) is 32.8 Å². The van der Waals surface area contributed by atoms with Crippen molar-refractivity contribution in [1.29, 1.82) is 0 Å². The van der Waals surface area contributed by atoms with E-state index < -0.39 is 0 Å². The average Bonchev–Trinajstić information content (AvgIpc) is 2.35. The van der Waals surface area contributed by atoms with E-state index in [-0.39, 0.29) is 5.97 Å². The summed E-state index contributed by atoms with van der Waals surface area (Å²) in [6.07, 6.45) is 1.39. The molecule has 0 saturated heterocycles. The molecule has 0 atom stereocenters. The predicted octanol–water partition coefficient (Wildman–Crippen LogP) is 1.38. The molecule has 0 amide bonds. The van der Waals surface area contributed by atoms with E-state index in [1.54, 1.807) is 13.2 Å². The summed E-state index contributed by atoms with van der Waals surface area (Å²) in [5.41, 5.74) is 7.04. The second-order valence-corrected chi connectivity index (χ2v) is 3.68. The van der Waals surface area contributed by atoms with Gasteiger partial charge in [0, 0.05) is 20.1 Å². The van der Waals surface area contributed by atoms with Gasteiger partial charge in [-0.1, -0.05) is 18.2 Å². The van der Waals surface area contributed by atoms with E-state index in [1.165, 1.54) is 0 Å². The number of ether oxygens (including phenoxy) is 2. The number of esters is 1. The van der Waals surface area contributed by atoms with Crippen molar-refractivity contribution in [3.63, 3.8) is 0 Å². The predicted molar refractivity (Wildman–Crippen MR) is 66.0 cm³/mol. The average molecular weight is 237 g/mol. The second kappa shape index (κ2) is 7.81. The van der Waals surface area contributed by atoms with Crippen molar-refractivity contribution in [3.05, 3.63) is 35.4 Å². The van der Waals surface area contributed by atoms with Gasteiger partial charge in [0.2, 0.25) is 0 Å². The number of hydrogen-bond acceptors (Lipinski definition) is 4. The van der Waals surface area contributed by atoms with Crippen LogP contribution in [0.1, 0.15) is 22.3 Å². The smallest absolute Gasteiger partial charge is 0.338 e. The van der Waals surface area contributed by atoms with Crippen LogP contribution in [-0.2, 0) is 15.9 Å². The van der Waals surface area contributed by atoms with Gasteiger partial charge < -0.3 is 15.2 Å². The number of rotatable bonds is 7. The normalized spacial score (nSPS) is 10.2. The van der Waals surface area contributed by atoms with Gasteiger partial charge in [-0.05, 0) is 24.6 Å².